The average Bonchev–Trinajstić information content (AvgIpc) is 2.39. The van der Waals surface area contributed by atoms with Crippen LogP contribution in [0, 0.1) is 5.82 Å². The Morgan fingerprint density at radius 3 is 2.65 bits per heavy atom. The van der Waals surface area contributed by atoms with Crippen LogP contribution in [0.5, 0.6) is 0 Å². The van der Waals surface area contributed by atoms with Crippen molar-refractivity contribution in [3.8, 4) is 0 Å². The van der Waals surface area contributed by atoms with Crippen molar-refractivity contribution in [3.63, 3.8) is 0 Å². The number of hydrogen-bond donors (Lipinski definition) is 2. The summed E-state index contributed by atoms with van der Waals surface area (Å²) in [5, 5.41) is 12.9. The van der Waals surface area contributed by atoms with Crippen molar-refractivity contribution >= 4 is 5.69 Å². The standard InChI is InChI=1S/C13H13FN2O/c14-11-3-5-12(6-4-11)16-9-13(17)10-2-1-7-15-8-10/h1-8,13,16-17H,9H2. The summed E-state index contributed by atoms with van der Waals surface area (Å²) in [6, 6.07) is 9.59. The maximum Gasteiger partial charge on any atom is 0.123 e. The Balaban J connectivity index is 1.92. The van der Waals surface area contributed by atoms with Crippen molar-refractivity contribution < 1.29 is 9.50 Å². The first-order chi connectivity index (χ1) is 8.25. The van der Waals surface area contributed by atoms with Gasteiger partial charge in [0.05, 0.1) is 6.10 Å². The van der Waals surface area contributed by atoms with E-state index in [2.05, 4.69) is 10.3 Å². The van der Waals surface area contributed by atoms with E-state index in [-0.39, 0.29) is 5.82 Å². The molecule has 17 heavy (non-hydrogen) atoms. The molecule has 2 rings (SSSR count). The maximum absolute atomic E-state index is 12.7. The minimum absolute atomic E-state index is 0.275. The molecule has 0 aliphatic carbocycles. The Kier molecular flexibility index (Phi) is 3.67. The predicted octanol–water partition coefficient (Wildman–Crippen LogP) is 2.37. The van der Waals surface area contributed by atoms with Crippen LogP contribution in [0.1, 0.15) is 11.7 Å². The van der Waals surface area contributed by atoms with Gasteiger partial charge in [-0.3, -0.25) is 4.98 Å². The first-order valence-electron chi connectivity index (χ1n) is 5.33. The van der Waals surface area contributed by atoms with Crippen LogP contribution in [-0.4, -0.2) is 16.6 Å². The number of benzene rings is 1. The molecule has 1 aromatic heterocycles. The number of hydrogen-bond acceptors (Lipinski definition) is 3. The lowest BCUT2D eigenvalue weighted by Crippen LogP contribution is -2.12. The van der Waals surface area contributed by atoms with Crippen molar-refractivity contribution in [2.45, 2.75) is 6.10 Å². The first kappa shape index (κ1) is 11.5. The van der Waals surface area contributed by atoms with Crippen LogP contribution in [-0.2, 0) is 0 Å². The summed E-state index contributed by atoms with van der Waals surface area (Å²) in [7, 11) is 0. The zero-order valence-corrected chi connectivity index (χ0v) is 9.18. The van der Waals surface area contributed by atoms with Gasteiger partial charge in [-0.1, -0.05) is 6.07 Å². The maximum atomic E-state index is 12.7. The number of halogens is 1. The van der Waals surface area contributed by atoms with E-state index in [1.807, 2.05) is 6.07 Å². The van der Waals surface area contributed by atoms with Crippen molar-refractivity contribution in [2.75, 3.05) is 11.9 Å². The molecule has 0 radical (unpaired) electrons. The molecular formula is C13H13FN2O. The van der Waals surface area contributed by atoms with E-state index in [1.165, 1.54) is 12.1 Å². The van der Waals surface area contributed by atoms with Gasteiger partial charge in [-0.2, -0.15) is 0 Å². The summed E-state index contributed by atoms with van der Waals surface area (Å²) in [5.74, 6) is -0.275. The van der Waals surface area contributed by atoms with E-state index < -0.39 is 6.10 Å². The van der Waals surface area contributed by atoms with Crippen LogP contribution in [0.25, 0.3) is 0 Å². The molecule has 0 aliphatic rings. The highest BCUT2D eigenvalue weighted by atomic mass is 19.1. The number of anilines is 1. The van der Waals surface area contributed by atoms with Gasteiger partial charge >= 0.3 is 0 Å². The summed E-state index contributed by atoms with van der Waals surface area (Å²) >= 11 is 0. The van der Waals surface area contributed by atoms with Crippen LogP contribution in [0.15, 0.2) is 48.8 Å². The second-order valence-electron chi connectivity index (χ2n) is 3.69. The molecule has 1 atom stereocenters. The fraction of sp³-hybridized carbons (Fsp3) is 0.154. The third-order valence-corrected chi connectivity index (χ3v) is 2.41. The monoisotopic (exact) mass is 232 g/mol. The van der Waals surface area contributed by atoms with Crippen molar-refractivity contribution in [1.82, 2.24) is 4.98 Å². The lowest BCUT2D eigenvalue weighted by molar-refractivity contribution is 0.191. The van der Waals surface area contributed by atoms with Crippen LogP contribution >= 0.6 is 0 Å². The normalized spacial score (nSPS) is 12.1. The van der Waals surface area contributed by atoms with Crippen molar-refractivity contribution in [1.29, 1.82) is 0 Å². The molecule has 88 valence electrons. The molecule has 1 heterocycles. The van der Waals surface area contributed by atoms with E-state index >= 15 is 0 Å². The summed E-state index contributed by atoms with van der Waals surface area (Å²) in [6.07, 6.45) is 2.65. The molecule has 0 spiro atoms. The van der Waals surface area contributed by atoms with E-state index in [1.54, 1.807) is 30.6 Å². The fourth-order valence-electron chi connectivity index (χ4n) is 1.47. The zero-order valence-electron chi connectivity index (χ0n) is 9.18. The molecule has 0 aliphatic heterocycles. The topological polar surface area (TPSA) is 45.1 Å². The lowest BCUT2D eigenvalue weighted by Gasteiger charge is -2.12. The molecule has 3 nitrogen and oxygen atoms in total. The van der Waals surface area contributed by atoms with Crippen LogP contribution in [0.3, 0.4) is 0 Å². The summed E-state index contributed by atoms with van der Waals surface area (Å²) < 4.78 is 12.7. The quantitative estimate of drug-likeness (QED) is 0.850. The number of pyridine rings is 1. The number of aliphatic hydroxyl groups is 1. The largest absolute Gasteiger partial charge is 0.387 e. The lowest BCUT2D eigenvalue weighted by atomic mass is 10.1. The number of rotatable bonds is 4. The molecule has 0 amide bonds. The highest BCUT2D eigenvalue weighted by Crippen LogP contribution is 2.13. The van der Waals surface area contributed by atoms with Gasteiger partial charge in [-0.05, 0) is 30.3 Å². The molecule has 1 unspecified atom stereocenters. The van der Waals surface area contributed by atoms with Gasteiger partial charge in [0.2, 0.25) is 0 Å². The molecular weight excluding hydrogens is 219 g/mol. The van der Waals surface area contributed by atoms with Crippen LogP contribution < -0.4 is 5.32 Å². The minimum atomic E-state index is -0.631. The highest BCUT2D eigenvalue weighted by Gasteiger charge is 2.06. The summed E-state index contributed by atoms with van der Waals surface area (Å²) in [6.45, 7) is 0.358. The SMILES string of the molecule is OC(CNc1ccc(F)cc1)c1cccnc1. The Hall–Kier alpha value is -1.94. The van der Waals surface area contributed by atoms with Gasteiger partial charge < -0.3 is 10.4 Å². The third-order valence-electron chi connectivity index (χ3n) is 2.41. The predicted molar refractivity (Wildman–Crippen MR) is 64.1 cm³/mol. The molecule has 1 aromatic carbocycles. The van der Waals surface area contributed by atoms with E-state index in [4.69, 9.17) is 0 Å². The van der Waals surface area contributed by atoms with Gasteiger partial charge in [0.15, 0.2) is 0 Å². The van der Waals surface area contributed by atoms with Gasteiger partial charge in [0.1, 0.15) is 5.82 Å². The van der Waals surface area contributed by atoms with E-state index in [0.29, 0.717) is 6.54 Å². The fourth-order valence-corrected chi connectivity index (χ4v) is 1.47. The number of aromatic nitrogens is 1. The van der Waals surface area contributed by atoms with Gasteiger partial charge in [0, 0.05) is 30.2 Å². The summed E-state index contributed by atoms with van der Waals surface area (Å²) in [5.41, 5.74) is 1.52. The minimum Gasteiger partial charge on any atom is -0.387 e. The average molecular weight is 232 g/mol. The molecule has 0 saturated carbocycles. The van der Waals surface area contributed by atoms with Gasteiger partial charge in [0.25, 0.3) is 0 Å². The molecule has 4 heteroatoms. The molecule has 0 fully saturated rings. The van der Waals surface area contributed by atoms with Gasteiger partial charge in [-0.25, -0.2) is 4.39 Å². The van der Waals surface area contributed by atoms with E-state index in [9.17, 15) is 9.50 Å². The molecule has 2 N–H and O–H groups in total. The van der Waals surface area contributed by atoms with Crippen LogP contribution in [0.2, 0.25) is 0 Å². The second kappa shape index (κ2) is 5.41. The smallest absolute Gasteiger partial charge is 0.123 e. The van der Waals surface area contributed by atoms with Gasteiger partial charge in [-0.15, -0.1) is 0 Å². The van der Waals surface area contributed by atoms with E-state index in [0.717, 1.165) is 11.3 Å². The second-order valence-corrected chi connectivity index (χ2v) is 3.69. The first-order valence-corrected chi connectivity index (χ1v) is 5.33. The molecule has 0 bridgehead atoms. The summed E-state index contributed by atoms with van der Waals surface area (Å²) in [4.78, 5) is 3.93. The Labute approximate surface area is 98.9 Å². The number of nitrogens with one attached hydrogen (secondary N) is 1. The van der Waals surface area contributed by atoms with Crippen molar-refractivity contribution in [2.24, 2.45) is 0 Å². The zero-order chi connectivity index (χ0) is 12.1. The highest BCUT2D eigenvalue weighted by molar-refractivity contribution is 5.43. The Bertz CT molecular complexity index is 459. The Morgan fingerprint density at radius 1 is 1.24 bits per heavy atom. The molecule has 2 aromatic rings. The van der Waals surface area contributed by atoms with Crippen LogP contribution in [0.4, 0.5) is 10.1 Å². The Morgan fingerprint density at radius 2 is 2.00 bits per heavy atom. The number of aliphatic hydroxyl groups excluding tert-OH is 1. The molecule has 0 saturated heterocycles. The van der Waals surface area contributed by atoms with Crippen molar-refractivity contribution in [3.05, 3.63) is 60.2 Å². The number of nitrogens with zero attached hydrogens (tertiary/aromatic N) is 1. The third kappa shape index (κ3) is 3.26.